The number of hydrazone groups is 1. The number of benzene rings is 2. The number of aliphatic hydroxyl groups excluding tert-OH is 1. The molecule has 1 amide bonds. The van der Waals surface area contributed by atoms with Crippen molar-refractivity contribution in [2.45, 2.75) is 26.6 Å². The Morgan fingerprint density at radius 3 is 2.51 bits per heavy atom. The fraction of sp³-hybridized carbons (Fsp3) is 0.344. The summed E-state index contributed by atoms with van der Waals surface area (Å²) >= 11 is 0. The topological polar surface area (TPSA) is 158 Å². The Kier molecular flexibility index (Phi) is 12.5. The highest BCUT2D eigenvalue weighted by atomic mass is 19.4. The molecule has 2 aromatic carbocycles. The maximum Gasteiger partial charge on any atom is 0.417 e. The molecule has 4 aromatic rings. The number of aryl methyl sites for hydroxylation is 2. The molecule has 0 aliphatic heterocycles. The van der Waals surface area contributed by atoms with Gasteiger partial charge in [0.1, 0.15) is 5.71 Å². The molecule has 0 atom stereocenters. The Morgan fingerprint density at radius 2 is 1.79 bits per heavy atom. The van der Waals surface area contributed by atoms with E-state index in [1.165, 1.54) is 12.3 Å². The van der Waals surface area contributed by atoms with Crippen molar-refractivity contribution < 1.29 is 37.3 Å². The third-order valence-electron chi connectivity index (χ3n) is 6.76. The lowest BCUT2D eigenvalue weighted by Crippen LogP contribution is -2.19. The van der Waals surface area contributed by atoms with E-state index in [1.54, 1.807) is 35.9 Å². The van der Waals surface area contributed by atoms with Crippen LogP contribution in [0.25, 0.3) is 17.0 Å². The molecule has 4 N–H and O–H groups in total. The number of halogens is 3. The molecular formula is C32H36F3N7O5. The average molecular weight is 656 g/mol. The highest BCUT2D eigenvalue weighted by Crippen LogP contribution is 2.34. The Labute approximate surface area is 269 Å². The van der Waals surface area contributed by atoms with Gasteiger partial charge in [-0.3, -0.25) is 14.2 Å². The lowest BCUT2D eigenvalue weighted by Gasteiger charge is -2.15. The van der Waals surface area contributed by atoms with Gasteiger partial charge in [0.2, 0.25) is 5.78 Å². The molecule has 0 saturated heterocycles. The van der Waals surface area contributed by atoms with Crippen molar-refractivity contribution >= 4 is 29.3 Å². The molecule has 0 saturated carbocycles. The number of carbonyl (C=O) groups is 1. The lowest BCUT2D eigenvalue weighted by molar-refractivity contribution is -0.137. The molecule has 12 nitrogen and oxygen atoms in total. The number of rotatable bonds is 16. The van der Waals surface area contributed by atoms with E-state index in [0.717, 1.165) is 17.7 Å². The predicted molar refractivity (Wildman–Crippen MR) is 171 cm³/mol. The quantitative estimate of drug-likeness (QED) is 0.0701. The number of aliphatic hydroxyl groups is 1. The predicted octanol–water partition coefficient (Wildman–Crippen LogP) is 4.21. The molecule has 0 aliphatic carbocycles. The number of fused-ring (bicyclic) bond motifs is 1. The van der Waals surface area contributed by atoms with E-state index in [0.29, 0.717) is 48.1 Å². The Morgan fingerprint density at radius 1 is 1.04 bits per heavy atom. The smallest absolute Gasteiger partial charge is 0.394 e. The van der Waals surface area contributed by atoms with E-state index in [9.17, 15) is 18.0 Å². The minimum atomic E-state index is -4.80. The number of alkyl halides is 3. The number of amides is 1. The first-order valence-electron chi connectivity index (χ1n) is 14.6. The summed E-state index contributed by atoms with van der Waals surface area (Å²) in [6, 6.07) is 8.69. The first kappa shape index (κ1) is 35.2. The molecule has 0 bridgehead atoms. The number of imidazole rings is 1. The monoisotopic (exact) mass is 655 g/mol. The fourth-order valence-corrected chi connectivity index (χ4v) is 4.40. The number of nitrogens with zero attached hydrogens (tertiary/aromatic N) is 5. The van der Waals surface area contributed by atoms with Gasteiger partial charge in [0.25, 0.3) is 5.91 Å². The largest absolute Gasteiger partial charge is 0.417 e. The van der Waals surface area contributed by atoms with Crippen molar-refractivity contribution in [3.63, 3.8) is 0 Å². The van der Waals surface area contributed by atoms with Crippen molar-refractivity contribution in [1.29, 1.82) is 0 Å². The molecule has 0 aliphatic rings. The summed E-state index contributed by atoms with van der Waals surface area (Å²) in [5.41, 5.74) is 2.12. The molecule has 250 valence electrons. The van der Waals surface area contributed by atoms with Crippen molar-refractivity contribution in [2.75, 3.05) is 51.6 Å². The number of hydrogen-bond donors (Lipinski definition) is 3. The van der Waals surface area contributed by atoms with Crippen molar-refractivity contribution in [3.05, 3.63) is 82.8 Å². The summed E-state index contributed by atoms with van der Waals surface area (Å²) in [6.45, 7) is 4.97. The molecule has 4 rings (SSSR count). The summed E-state index contributed by atoms with van der Waals surface area (Å²) in [5.74, 6) is 4.97. The highest BCUT2D eigenvalue weighted by molar-refractivity contribution is 6.31. The lowest BCUT2D eigenvalue weighted by atomic mass is 10.0. The van der Waals surface area contributed by atoms with Crippen LogP contribution in [0.1, 0.15) is 32.6 Å². The molecule has 0 radical (unpaired) electrons. The van der Waals surface area contributed by atoms with E-state index < -0.39 is 23.2 Å². The molecule has 15 heteroatoms. The van der Waals surface area contributed by atoms with Gasteiger partial charge in [-0.15, -0.1) is 0 Å². The Hall–Kier alpha value is -4.70. The second-order valence-electron chi connectivity index (χ2n) is 10.4. The number of hydrogen-bond acceptors (Lipinski definition) is 10. The van der Waals surface area contributed by atoms with Gasteiger partial charge >= 0.3 is 6.18 Å². The van der Waals surface area contributed by atoms with Gasteiger partial charge in [0.05, 0.1) is 69.6 Å². The number of nitrogens with one attached hydrogen (secondary N) is 1. The first-order chi connectivity index (χ1) is 22.6. The van der Waals surface area contributed by atoms with Gasteiger partial charge in [0.15, 0.2) is 0 Å². The van der Waals surface area contributed by atoms with Crippen LogP contribution >= 0.6 is 0 Å². The highest BCUT2D eigenvalue weighted by Gasteiger charge is 2.35. The average Bonchev–Trinajstić information content (AvgIpc) is 3.47. The van der Waals surface area contributed by atoms with E-state index in [-0.39, 0.29) is 44.2 Å². The van der Waals surface area contributed by atoms with Crippen LogP contribution in [0.15, 0.2) is 65.1 Å². The zero-order valence-corrected chi connectivity index (χ0v) is 26.0. The third kappa shape index (κ3) is 10.1. The fourth-order valence-electron chi connectivity index (χ4n) is 4.40. The Balaban J connectivity index is 1.39. The normalized spacial score (nSPS) is 12.3. The zero-order valence-electron chi connectivity index (χ0n) is 26.0. The number of ether oxygens (including phenoxy) is 3. The zero-order chi connectivity index (χ0) is 33.8. The molecule has 0 fully saturated rings. The first-order valence-corrected chi connectivity index (χ1v) is 14.6. The summed E-state index contributed by atoms with van der Waals surface area (Å²) in [6.07, 6.45) is 1.89. The van der Waals surface area contributed by atoms with Gasteiger partial charge in [0, 0.05) is 36.1 Å². The van der Waals surface area contributed by atoms with Crippen LogP contribution in [0.5, 0.6) is 0 Å². The number of anilines is 1. The van der Waals surface area contributed by atoms with Crippen LogP contribution in [-0.2, 0) is 26.9 Å². The summed E-state index contributed by atoms with van der Waals surface area (Å²) in [4.78, 5) is 26.1. The van der Waals surface area contributed by atoms with E-state index in [2.05, 4.69) is 25.4 Å². The van der Waals surface area contributed by atoms with Crippen LogP contribution in [0.4, 0.5) is 18.9 Å². The van der Waals surface area contributed by atoms with Crippen LogP contribution < -0.4 is 11.2 Å². The number of aromatic nitrogens is 3. The summed E-state index contributed by atoms with van der Waals surface area (Å²) < 4.78 is 59.9. The minimum absolute atomic E-state index is 0.0195. The molecule has 0 spiro atoms. The summed E-state index contributed by atoms with van der Waals surface area (Å²) in [7, 11) is 0. The maximum atomic E-state index is 14.1. The molecular weight excluding hydrogens is 619 g/mol. The summed E-state index contributed by atoms with van der Waals surface area (Å²) in [5, 5.41) is 14.9. The van der Waals surface area contributed by atoms with Crippen LogP contribution in [0.3, 0.4) is 0 Å². The number of carbonyl (C=O) groups excluding carboxylic acids is 1. The van der Waals surface area contributed by atoms with Gasteiger partial charge < -0.3 is 30.5 Å². The van der Waals surface area contributed by atoms with Gasteiger partial charge in [-0.25, -0.2) is 9.97 Å². The van der Waals surface area contributed by atoms with Crippen LogP contribution in [0, 0.1) is 13.8 Å². The Bertz CT molecular complexity index is 1720. The van der Waals surface area contributed by atoms with Gasteiger partial charge in [-0.2, -0.15) is 18.3 Å². The van der Waals surface area contributed by atoms with Gasteiger partial charge in [-0.05, 0) is 48.7 Å². The molecule has 47 heavy (non-hydrogen) atoms. The maximum absolute atomic E-state index is 14.1. The number of nitrogens with two attached hydrogens (primary N) is 1. The number of aliphatic imine (C=N–C) groups is 1. The van der Waals surface area contributed by atoms with E-state index in [4.69, 9.17) is 25.2 Å². The van der Waals surface area contributed by atoms with Crippen molar-refractivity contribution in [2.24, 2.45) is 15.9 Å². The van der Waals surface area contributed by atoms with Crippen LogP contribution in [-0.4, -0.2) is 83.6 Å². The minimum Gasteiger partial charge on any atom is -0.394 e. The van der Waals surface area contributed by atoms with Crippen molar-refractivity contribution in [3.8, 4) is 11.3 Å². The molecule has 0 unspecified atom stereocenters. The SMILES string of the molecule is Cc1cnc2nc(-c3ccc(C)c(NC(=O)c4ccc(CN=C/C(COCCOCCOCCO)=N\N)cc4C(F)(F)F)c3)cn2c1. The van der Waals surface area contributed by atoms with E-state index >= 15 is 0 Å². The molecule has 2 aromatic heterocycles. The molecule has 2 heterocycles. The second kappa shape index (κ2) is 16.7. The van der Waals surface area contributed by atoms with Crippen molar-refractivity contribution in [1.82, 2.24) is 14.4 Å². The van der Waals surface area contributed by atoms with E-state index in [1.807, 2.05) is 19.2 Å². The van der Waals surface area contributed by atoms with Gasteiger partial charge in [-0.1, -0.05) is 18.2 Å². The van der Waals surface area contributed by atoms with Crippen LogP contribution in [0.2, 0.25) is 0 Å². The standard InChI is InChI=1S/C32H36F3N7O5/c1-21-15-38-31-40-29(19-42(31)18-21)24-5-3-22(2)28(14-24)39-30(44)26-6-4-23(13-27(26)32(33,34)35)16-37-17-25(41-36)20-47-12-11-46-10-9-45-8-7-43/h3-6,13-15,17-19,43H,7-12,16,20,36H2,1-2H3,(H,39,44)/b37-17?,41-25+. The second-order valence-corrected chi connectivity index (χ2v) is 10.4. The third-order valence-corrected chi connectivity index (χ3v) is 6.76.